The molecule has 0 fully saturated rings. The van der Waals surface area contributed by atoms with Gasteiger partial charge in [0.1, 0.15) is 13.2 Å². The third kappa shape index (κ3) is 15.0. The van der Waals surface area contributed by atoms with E-state index in [1.807, 2.05) is 13.8 Å². The van der Waals surface area contributed by atoms with Gasteiger partial charge in [-0.1, -0.05) is 39.8 Å². The Labute approximate surface area is 171 Å². The van der Waals surface area contributed by atoms with Gasteiger partial charge in [0.25, 0.3) is 0 Å². The van der Waals surface area contributed by atoms with E-state index in [2.05, 4.69) is 13.2 Å². The maximum Gasteiger partial charge on any atom is 0.476 e. The van der Waals surface area contributed by atoms with E-state index in [1.54, 1.807) is 0 Å². The molecule has 2 atom stereocenters. The molecule has 0 saturated carbocycles. The van der Waals surface area contributed by atoms with Crippen LogP contribution >= 0.6 is 7.82 Å². The van der Waals surface area contributed by atoms with Gasteiger partial charge in [0, 0.05) is 12.2 Å². The maximum absolute atomic E-state index is 12.3. The van der Waals surface area contributed by atoms with Crippen LogP contribution in [-0.2, 0) is 42.1 Å². The van der Waals surface area contributed by atoms with E-state index < -0.39 is 32.3 Å². The molecule has 0 aromatic rings. The Bertz CT molecular complexity index is 507. The van der Waals surface area contributed by atoms with Gasteiger partial charge in [0.15, 0.2) is 12.6 Å². The Morgan fingerprint density at radius 1 is 0.862 bits per heavy atom. The molecule has 0 spiro atoms. The van der Waals surface area contributed by atoms with Crippen molar-refractivity contribution < 1.29 is 47.0 Å². The standard InChI is InChI=1S/C18H31O10P/c1-5-9-17(25-13-11-23-15(19)7-3)27-29(21,22)28-18(10-6-2)26-14-12-24-16(20)8-4/h7-8,17-18H,3-6,9-14H2,1-2H3,(H,21,22). The second-order valence-corrected chi connectivity index (χ2v) is 6.96. The molecule has 0 aliphatic carbocycles. The normalized spacial score (nSPS) is 15.0. The van der Waals surface area contributed by atoms with Gasteiger partial charge in [0.05, 0.1) is 13.2 Å². The van der Waals surface area contributed by atoms with E-state index >= 15 is 0 Å². The first kappa shape index (κ1) is 27.5. The first-order chi connectivity index (χ1) is 13.8. The summed E-state index contributed by atoms with van der Waals surface area (Å²) in [6, 6.07) is 0. The molecular weight excluding hydrogens is 407 g/mol. The number of esters is 2. The third-order valence-electron chi connectivity index (χ3n) is 3.15. The van der Waals surface area contributed by atoms with Crippen molar-refractivity contribution >= 4 is 19.8 Å². The highest BCUT2D eigenvalue weighted by molar-refractivity contribution is 7.47. The van der Waals surface area contributed by atoms with E-state index in [-0.39, 0.29) is 26.4 Å². The Morgan fingerprint density at radius 3 is 1.55 bits per heavy atom. The van der Waals surface area contributed by atoms with Crippen molar-refractivity contribution in [2.24, 2.45) is 0 Å². The van der Waals surface area contributed by atoms with Crippen LogP contribution in [0.2, 0.25) is 0 Å². The van der Waals surface area contributed by atoms with Crippen LogP contribution in [0, 0.1) is 0 Å². The van der Waals surface area contributed by atoms with Crippen LogP contribution < -0.4 is 0 Å². The van der Waals surface area contributed by atoms with Gasteiger partial charge in [-0.05, 0) is 12.8 Å². The first-order valence-corrected chi connectivity index (χ1v) is 10.8. The van der Waals surface area contributed by atoms with Crippen LogP contribution in [-0.4, -0.2) is 55.8 Å². The van der Waals surface area contributed by atoms with E-state index in [0.29, 0.717) is 25.7 Å². The number of rotatable bonds is 18. The lowest BCUT2D eigenvalue weighted by atomic mass is 10.3. The van der Waals surface area contributed by atoms with Crippen molar-refractivity contribution in [3.63, 3.8) is 0 Å². The highest BCUT2D eigenvalue weighted by Crippen LogP contribution is 2.47. The molecule has 0 bridgehead atoms. The molecule has 2 unspecified atom stereocenters. The van der Waals surface area contributed by atoms with Gasteiger partial charge in [0.2, 0.25) is 0 Å². The van der Waals surface area contributed by atoms with Crippen molar-refractivity contribution in [3.8, 4) is 0 Å². The Morgan fingerprint density at radius 2 is 1.24 bits per heavy atom. The molecule has 0 saturated heterocycles. The average Bonchev–Trinajstić information content (AvgIpc) is 2.67. The number of phosphoric acid groups is 1. The molecule has 10 nitrogen and oxygen atoms in total. The lowest BCUT2D eigenvalue weighted by Gasteiger charge is -2.24. The molecular formula is C18H31O10P. The smallest absolute Gasteiger partial charge is 0.460 e. The molecule has 1 N–H and O–H groups in total. The first-order valence-electron chi connectivity index (χ1n) is 9.29. The summed E-state index contributed by atoms with van der Waals surface area (Å²) in [5, 5.41) is 0. The van der Waals surface area contributed by atoms with E-state index in [4.69, 9.17) is 28.0 Å². The zero-order valence-corrected chi connectivity index (χ0v) is 17.8. The second kappa shape index (κ2) is 16.3. The average molecular weight is 438 g/mol. The van der Waals surface area contributed by atoms with Crippen molar-refractivity contribution in [2.75, 3.05) is 26.4 Å². The predicted octanol–water partition coefficient (Wildman–Crippen LogP) is 2.86. The molecule has 0 aliphatic heterocycles. The van der Waals surface area contributed by atoms with Crippen molar-refractivity contribution in [1.29, 1.82) is 0 Å². The molecule has 0 heterocycles. The summed E-state index contributed by atoms with van der Waals surface area (Å²) in [5.41, 5.74) is 0. The number of hydrogen-bond donors (Lipinski definition) is 1. The van der Waals surface area contributed by atoms with Crippen molar-refractivity contribution in [2.45, 2.75) is 52.1 Å². The van der Waals surface area contributed by atoms with Crippen molar-refractivity contribution in [1.82, 2.24) is 0 Å². The molecule has 29 heavy (non-hydrogen) atoms. The molecule has 0 aliphatic rings. The Balaban J connectivity index is 4.55. The summed E-state index contributed by atoms with van der Waals surface area (Å²) >= 11 is 0. The van der Waals surface area contributed by atoms with Crippen LogP contribution in [0.1, 0.15) is 39.5 Å². The second-order valence-electron chi connectivity index (χ2n) is 5.60. The van der Waals surface area contributed by atoms with Crippen LogP contribution in [0.25, 0.3) is 0 Å². The zero-order chi connectivity index (χ0) is 22.1. The van der Waals surface area contributed by atoms with Crippen LogP contribution in [0.15, 0.2) is 25.3 Å². The number of ether oxygens (including phenoxy) is 4. The van der Waals surface area contributed by atoms with Gasteiger partial charge >= 0.3 is 19.8 Å². The molecule has 0 amide bonds. The predicted molar refractivity (Wildman–Crippen MR) is 104 cm³/mol. The summed E-state index contributed by atoms with van der Waals surface area (Å²) in [6.07, 6.45) is 1.83. The van der Waals surface area contributed by atoms with Gasteiger partial charge in [-0.3, -0.25) is 9.05 Å². The summed E-state index contributed by atoms with van der Waals surface area (Å²) in [4.78, 5) is 32.0. The minimum atomic E-state index is -4.51. The Hall–Kier alpha value is -1.55. The molecule has 168 valence electrons. The number of phosphoric ester groups is 1. The van der Waals surface area contributed by atoms with Crippen LogP contribution in [0.3, 0.4) is 0 Å². The molecule has 11 heteroatoms. The quantitative estimate of drug-likeness (QED) is 0.112. The number of carbonyl (C=O) groups is 2. The molecule has 0 aromatic carbocycles. The van der Waals surface area contributed by atoms with E-state index in [9.17, 15) is 19.0 Å². The van der Waals surface area contributed by atoms with Gasteiger partial charge in [-0.15, -0.1) is 0 Å². The minimum Gasteiger partial charge on any atom is -0.460 e. The molecule has 0 rings (SSSR count). The fourth-order valence-corrected chi connectivity index (χ4v) is 2.86. The summed E-state index contributed by atoms with van der Waals surface area (Å²) in [5.74, 6) is -1.20. The van der Waals surface area contributed by atoms with Crippen LogP contribution in [0.4, 0.5) is 0 Å². The third-order valence-corrected chi connectivity index (χ3v) is 4.15. The number of hydrogen-bond acceptors (Lipinski definition) is 9. The lowest BCUT2D eigenvalue weighted by molar-refractivity contribution is -0.154. The summed E-state index contributed by atoms with van der Waals surface area (Å²) in [6.45, 7) is 10.0. The lowest BCUT2D eigenvalue weighted by Crippen LogP contribution is -2.23. The van der Waals surface area contributed by atoms with Gasteiger partial charge in [-0.2, -0.15) is 0 Å². The molecule has 0 radical (unpaired) electrons. The van der Waals surface area contributed by atoms with Gasteiger partial charge in [-0.25, -0.2) is 14.2 Å². The van der Waals surface area contributed by atoms with E-state index in [1.165, 1.54) is 0 Å². The van der Waals surface area contributed by atoms with Gasteiger partial charge < -0.3 is 23.8 Å². The SMILES string of the molecule is C=CC(=O)OCCOC(CCC)OP(=O)(O)OC(CCC)OCCOC(=O)C=C. The largest absolute Gasteiger partial charge is 0.476 e. The molecule has 0 aromatic heterocycles. The monoisotopic (exact) mass is 438 g/mol. The zero-order valence-electron chi connectivity index (χ0n) is 16.9. The highest BCUT2D eigenvalue weighted by atomic mass is 31.2. The van der Waals surface area contributed by atoms with E-state index in [0.717, 1.165) is 12.2 Å². The van der Waals surface area contributed by atoms with Crippen LogP contribution in [0.5, 0.6) is 0 Å². The maximum atomic E-state index is 12.3. The van der Waals surface area contributed by atoms with Crippen molar-refractivity contribution in [3.05, 3.63) is 25.3 Å². The minimum absolute atomic E-state index is 0.0339. The summed E-state index contributed by atoms with van der Waals surface area (Å²) < 4.78 is 42.7. The summed E-state index contributed by atoms with van der Waals surface area (Å²) in [7, 11) is -4.51. The number of carbonyl (C=O) groups excluding carboxylic acids is 2. The fraction of sp³-hybridized carbons (Fsp3) is 0.667. The topological polar surface area (TPSA) is 127 Å². The Kier molecular flexibility index (Phi) is 15.4. The highest BCUT2D eigenvalue weighted by Gasteiger charge is 2.31. The fourth-order valence-electron chi connectivity index (χ4n) is 1.89.